The largest absolute Gasteiger partial charge is 0.497 e. The van der Waals surface area contributed by atoms with Crippen LogP contribution in [0.2, 0.25) is 0 Å². The lowest BCUT2D eigenvalue weighted by molar-refractivity contribution is 0.0513. The van der Waals surface area contributed by atoms with Crippen LogP contribution in [-0.4, -0.2) is 47.7 Å². The van der Waals surface area contributed by atoms with Crippen molar-refractivity contribution in [3.05, 3.63) is 64.4 Å². The van der Waals surface area contributed by atoms with Gasteiger partial charge in [-0.2, -0.15) is 5.10 Å². The second kappa shape index (κ2) is 12.6. The minimum absolute atomic E-state index is 0.215. The van der Waals surface area contributed by atoms with Gasteiger partial charge in [-0.1, -0.05) is 24.3 Å². The van der Waals surface area contributed by atoms with Crippen LogP contribution in [0.4, 0.5) is 4.79 Å². The fraction of sp³-hybridized carbons (Fsp3) is 0.370. The topological polar surface area (TPSA) is 101 Å². The maximum atomic E-state index is 12.9. The Morgan fingerprint density at radius 3 is 2.27 bits per heavy atom. The number of ether oxygens (including phenoxy) is 4. The summed E-state index contributed by atoms with van der Waals surface area (Å²) in [6.07, 6.45) is -0.540. The summed E-state index contributed by atoms with van der Waals surface area (Å²) in [4.78, 5) is 24.9. The van der Waals surface area contributed by atoms with Gasteiger partial charge in [0.15, 0.2) is 5.69 Å². The molecule has 198 valence electrons. The van der Waals surface area contributed by atoms with Crippen molar-refractivity contribution in [1.82, 2.24) is 15.1 Å². The van der Waals surface area contributed by atoms with E-state index in [1.807, 2.05) is 48.5 Å². The number of carbonyl (C=O) groups excluding carboxylic acids is 2. The van der Waals surface area contributed by atoms with Gasteiger partial charge in [-0.3, -0.25) is 4.68 Å². The summed E-state index contributed by atoms with van der Waals surface area (Å²) in [6, 6.07) is 15.1. The summed E-state index contributed by atoms with van der Waals surface area (Å²) in [5.74, 6) is 0.965. The highest BCUT2D eigenvalue weighted by Crippen LogP contribution is 2.33. The molecule has 2 aromatic carbocycles. The Bertz CT molecular complexity index is 1200. The van der Waals surface area contributed by atoms with E-state index in [1.165, 1.54) is 4.68 Å². The Morgan fingerprint density at radius 2 is 1.68 bits per heavy atom. The molecule has 1 amide bonds. The SMILES string of the molecule is CCOC(=O)c1c(-c2ccc(OCc3ccc(OC)cc3)cc2)c(Br)nn1CCNC(=O)OC(C)(C)C. The van der Waals surface area contributed by atoms with E-state index < -0.39 is 17.7 Å². The molecule has 0 spiro atoms. The van der Waals surface area contributed by atoms with E-state index in [0.717, 1.165) is 16.9 Å². The van der Waals surface area contributed by atoms with Crippen LogP contribution in [0.25, 0.3) is 11.1 Å². The summed E-state index contributed by atoms with van der Waals surface area (Å²) >= 11 is 3.48. The summed E-state index contributed by atoms with van der Waals surface area (Å²) in [5.41, 5.74) is 2.05. The summed E-state index contributed by atoms with van der Waals surface area (Å²) in [6.45, 7) is 8.20. The van der Waals surface area contributed by atoms with E-state index >= 15 is 0 Å². The minimum atomic E-state index is -0.605. The zero-order chi connectivity index (χ0) is 27.0. The van der Waals surface area contributed by atoms with Gasteiger partial charge in [0.25, 0.3) is 0 Å². The average Bonchev–Trinajstić information content (AvgIpc) is 3.18. The molecule has 0 aliphatic heterocycles. The molecule has 0 atom stereocenters. The van der Waals surface area contributed by atoms with Crippen LogP contribution in [0.3, 0.4) is 0 Å². The Labute approximate surface area is 225 Å². The maximum absolute atomic E-state index is 12.9. The van der Waals surface area contributed by atoms with E-state index in [2.05, 4.69) is 26.3 Å². The molecule has 0 saturated carbocycles. The van der Waals surface area contributed by atoms with Gasteiger partial charge in [0.05, 0.1) is 20.3 Å². The molecule has 10 heteroatoms. The number of alkyl carbamates (subject to hydrolysis) is 1. The Hall–Kier alpha value is -3.53. The van der Waals surface area contributed by atoms with Crippen LogP contribution in [0.5, 0.6) is 11.5 Å². The van der Waals surface area contributed by atoms with E-state index in [4.69, 9.17) is 18.9 Å². The highest BCUT2D eigenvalue weighted by atomic mass is 79.9. The molecule has 0 saturated heterocycles. The van der Waals surface area contributed by atoms with Gasteiger partial charge in [0.2, 0.25) is 0 Å². The number of hydrogen-bond donors (Lipinski definition) is 1. The van der Waals surface area contributed by atoms with E-state index in [0.29, 0.717) is 22.5 Å². The quantitative estimate of drug-likeness (QED) is 0.315. The first kappa shape index (κ1) is 28.0. The van der Waals surface area contributed by atoms with Crippen molar-refractivity contribution in [1.29, 1.82) is 0 Å². The highest BCUT2D eigenvalue weighted by molar-refractivity contribution is 9.10. The molecule has 0 bridgehead atoms. The molecule has 0 aliphatic carbocycles. The molecule has 37 heavy (non-hydrogen) atoms. The third kappa shape index (κ3) is 7.98. The lowest BCUT2D eigenvalue weighted by atomic mass is 10.1. The fourth-order valence-corrected chi connectivity index (χ4v) is 4.05. The summed E-state index contributed by atoms with van der Waals surface area (Å²) < 4.78 is 23.6. The lowest BCUT2D eigenvalue weighted by Crippen LogP contribution is -2.34. The van der Waals surface area contributed by atoms with Crippen molar-refractivity contribution >= 4 is 28.0 Å². The number of halogens is 1. The van der Waals surface area contributed by atoms with Crippen molar-refractivity contribution in [2.75, 3.05) is 20.3 Å². The predicted octanol–water partition coefficient (Wildman–Crippen LogP) is 5.60. The van der Waals surface area contributed by atoms with E-state index in [1.54, 1.807) is 34.8 Å². The first-order chi connectivity index (χ1) is 17.6. The number of methoxy groups -OCH3 is 1. The third-order valence-electron chi connectivity index (χ3n) is 5.08. The van der Waals surface area contributed by atoms with Crippen LogP contribution in [0.15, 0.2) is 53.1 Å². The molecule has 9 nitrogen and oxygen atoms in total. The number of hydrogen-bond acceptors (Lipinski definition) is 7. The Balaban J connectivity index is 1.75. The van der Waals surface area contributed by atoms with Crippen LogP contribution in [0.1, 0.15) is 43.7 Å². The molecule has 0 aliphatic rings. The minimum Gasteiger partial charge on any atom is -0.497 e. The molecule has 1 heterocycles. The van der Waals surface area contributed by atoms with Crippen LogP contribution >= 0.6 is 15.9 Å². The molecular formula is C27H32BrN3O6. The Morgan fingerprint density at radius 1 is 1.03 bits per heavy atom. The zero-order valence-electron chi connectivity index (χ0n) is 21.7. The fourth-order valence-electron chi connectivity index (χ4n) is 3.44. The maximum Gasteiger partial charge on any atom is 0.407 e. The monoisotopic (exact) mass is 573 g/mol. The number of esters is 1. The molecule has 0 unspecified atom stereocenters. The van der Waals surface area contributed by atoms with Gasteiger partial charge in [-0.15, -0.1) is 0 Å². The second-order valence-electron chi connectivity index (χ2n) is 9.05. The van der Waals surface area contributed by atoms with Crippen molar-refractivity contribution in [3.63, 3.8) is 0 Å². The normalized spacial score (nSPS) is 11.1. The van der Waals surface area contributed by atoms with Crippen LogP contribution in [-0.2, 0) is 22.6 Å². The zero-order valence-corrected chi connectivity index (χ0v) is 23.3. The average molecular weight is 574 g/mol. The van der Waals surface area contributed by atoms with Crippen molar-refractivity contribution in [2.45, 2.75) is 46.4 Å². The van der Waals surface area contributed by atoms with Crippen molar-refractivity contribution < 1.29 is 28.5 Å². The number of nitrogens with zero attached hydrogens (tertiary/aromatic N) is 2. The molecule has 3 aromatic rings. The summed E-state index contributed by atoms with van der Waals surface area (Å²) in [5, 5.41) is 7.16. The van der Waals surface area contributed by atoms with Crippen LogP contribution in [0, 0.1) is 0 Å². The smallest absolute Gasteiger partial charge is 0.407 e. The van der Waals surface area contributed by atoms with Gasteiger partial charge in [0.1, 0.15) is 28.3 Å². The molecule has 1 N–H and O–H groups in total. The van der Waals surface area contributed by atoms with Gasteiger partial charge in [-0.25, -0.2) is 9.59 Å². The number of nitrogens with one attached hydrogen (secondary N) is 1. The van der Waals surface area contributed by atoms with Gasteiger partial charge in [0, 0.05) is 12.1 Å². The van der Waals surface area contributed by atoms with Gasteiger partial charge >= 0.3 is 12.1 Å². The number of benzene rings is 2. The molecule has 3 rings (SSSR count). The first-order valence-electron chi connectivity index (χ1n) is 11.9. The first-order valence-corrected chi connectivity index (χ1v) is 12.7. The Kier molecular flexibility index (Phi) is 9.57. The van der Waals surface area contributed by atoms with Crippen molar-refractivity contribution in [3.8, 4) is 22.6 Å². The third-order valence-corrected chi connectivity index (χ3v) is 5.63. The number of rotatable bonds is 10. The van der Waals surface area contributed by atoms with Gasteiger partial charge < -0.3 is 24.3 Å². The summed E-state index contributed by atoms with van der Waals surface area (Å²) in [7, 11) is 1.63. The lowest BCUT2D eigenvalue weighted by Gasteiger charge is -2.19. The van der Waals surface area contributed by atoms with Gasteiger partial charge in [-0.05, 0) is 79.0 Å². The van der Waals surface area contributed by atoms with E-state index in [9.17, 15) is 9.59 Å². The van der Waals surface area contributed by atoms with E-state index in [-0.39, 0.29) is 25.4 Å². The highest BCUT2D eigenvalue weighted by Gasteiger charge is 2.25. The second-order valence-corrected chi connectivity index (χ2v) is 9.80. The number of carbonyl (C=O) groups is 2. The number of amides is 1. The molecule has 0 radical (unpaired) electrons. The molecule has 0 fully saturated rings. The van der Waals surface area contributed by atoms with Crippen LogP contribution < -0.4 is 14.8 Å². The molecule has 1 aromatic heterocycles. The molecular weight excluding hydrogens is 542 g/mol. The predicted molar refractivity (Wildman–Crippen MR) is 143 cm³/mol. The standard InChI is InChI=1S/C27H32BrN3O6/c1-6-35-25(32)23-22(24(28)30-31(23)16-15-29-26(33)37-27(2,3)4)19-9-13-21(14-10-19)36-17-18-7-11-20(34-5)12-8-18/h7-14H,6,15-17H2,1-5H3,(H,29,33). The van der Waals surface area contributed by atoms with Crippen molar-refractivity contribution in [2.24, 2.45) is 0 Å². The number of aromatic nitrogens is 2.